The largest absolute Gasteiger partial charge is 0.443 e. The lowest BCUT2D eigenvalue weighted by Crippen LogP contribution is -2.35. The van der Waals surface area contributed by atoms with Crippen molar-refractivity contribution in [2.75, 3.05) is 11.4 Å². The van der Waals surface area contributed by atoms with Gasteiger partial charge in [-0.25, -0.2) is 9.48 Å². The number of aromatic nitrogens is 2. The fraction of sp³-hybridized carbons (Fsp3) is 0.375. The van der Waals surface area contributed by atoms with Crippen molar-refractivity contribution >= 4 is 34.5 Å². The molecule has 22 heavy (non-hydrogen) atoms. The Morgan fingerprint density at radius 1 is 1.27 bits per heavy atom. The van der Waals surface area contributed by atoms with Crippen molar-refractivity contribution in [2.24, 2.45) is 0 Å². The van der Waals surface area contributed by atoms with Gasteiger partial charge in [-0.3, -0.25) is 4.90 Å². The molecule has 0 unspecified atom stereocenters. The van der Waals surface area contributed by atoms with Gasteiger partial charge in [-0.15, -0.1) is 0 Å². The first-order valence-corrected chi connectivity index (χ1v) is 8.26. The Balaban J connectivity index is 1.87. The van der Waals surface area contributed by atoms with Crippen LogP contribution in [0.15, 0.2) is 30.3 Å². The molecule has 0 atom stereocenters. The van der Waals surface area contributed by atoms with Crippen LogP contribution in [0.1, 0.15) is 20.8 Å². The number of carbonyl (C=O) groups is 1. The minimum atomic E-state index is -0.497. The van der Waals surface area contributed by atoms with Crippen LogP contribution in [0.2, 0.25) is 0 Å². The summed E-state index contributed by atoms with van der Waals surface area (Å²) in [6.07, 6.45) is -0.319. The van der Waals surface area contributed by atoms with Gasteiger partial charge in [0, 0.05) is 15.2 Å². The van der Waals surface area contributed by atoms with E-state index in [-0.39, 0.29) is 6.09 Å². The van der Waals surface area contributed by atoms with E-state index in [2.05, 4.69) is 33.8 Å². The number of benzene rings is 1. The first kappa shape index (κ1) is 15.3. The van der Waals surface area contributed by atoms with Crippen molar-refractivity contribution in [3.8, 4) is 11.3 Å². The Hall–Kier alpha value is -1.57. The quantitative estimate of drug-likeness (QED) is 0.669. The molecule has 0 spiro atoms. The van der Waals surface area contributed by atoms with Crippen LogP contribution in [-0.4, -0.2) is 28.0 Å². The second-order valence-corrected chi connectivity index (χ2v) is 7.50. The molecule has 1 aliphatic heterocycles. The summed E-state index contributed by atoms with van der Waals surface area (Å²) >= 11 is 2.28. The van der Waals surface area contributed by atoms with Crippen LogP contribution >= 0.6 is 22.6 Å². The molecular weight excluding hydrogens is 393 g/mol. The topological polar surface area (TPSA) is 47.4 Å². The summed E-state index contributed by atoms with van der Waals surface area (Å²) in [5.74, 6) is 0.795. The number of hydrogen-bond acceptors (Lipinski definition) is 3. The Kier molecular flexibility index (Phi) is 3.88. The molecule has 1 aromatic heterocycles. The van der Waals surface area contributed by atoms with Gasteiger partial charge >= 0.3 is 6.09 Å². The summed E-state index contributed by atoms with van der Waals surface area (Å²) < 4.78 is 8.48. The lowest BCUT2D eigenvalue weighted by molar-refractivity contribution is 0.0584. The van der Waals surface area contributed by atoms with E-state index in [1.807, 2.05) is 49.7 Å². The number of nitrogens with zero attached hydrogens (tertiary/aromatic N) is 3. The first-order valence-electron chi connectivity index (χ1n) is 7.18. The Labute approximate surface area is 143 Å². The van der Waals surface area contributed by atoms with E-state index in [0.717, 1.165) is 20.6 Å². The molecule has 0 bridgehead atoms. The van der Waals surface area contributed by atoms with Crippen LogP contribution < -0.4 is 4.90 Å². The number of halogens is 1. The van der Waals surface area contributed by atoms with Crippen LogP contribution in [0.4, 0.5) is 10.6 Å². The number of rotatable bonds is 1. The summed E-state index contributed by atoms with van der Waals surface area (Å²) in [5.41, 5.74) is 1.43. The average Bonchev–Trinajstić information content (AvgIpc) is 2.95. The molecule has 2 aromatic rings. The minimum Gasteiger partial charge on any atom is -0.443 e. The zero-order chi connectivity index (χ0) is 15.9. The van der Waals surface area contributed by atoms with E-state index in [0.29, 0.717) is 13.1 Å². The van der Waals surface area contributed by atoms with E-state index in [9.17, 15) is 4.79 Å². The number of ether oxygens (including phenoxy) is 1. The van der Waals surface area contributed by atoms with Crippen LogP contribution in [0.25, 0.3) is 11.3 Å². The van der Waals surface area contributed by atoms with Crippen LogP contribution in [-0.2, 0) is 11.3 Å². The number of anilines is 1. The SMILES string of the molecule is CC(C)(C)OC(=O)N1CCn2nc(-c3cccc(I)c3)cc21. The van der Waals surface area contributed by atoms with Crippen molar-refractivity contribution in [2.45, 2.75) is 32.9 Å². The van der Waals surface area contributed by atoms with Gasteiger partial charge in [0.1, 0.15) is 11.4 Å². The van der Waals surface area contributed by atoms with E-state index >= 15 is 0 Å². The van der Waals surface area contributed by atoms with Crippen LogP contribution in [0, 0.1) is 3.57 Å². The van der Waals surface area contributed by atoms with Crippen molar-refractivity contribution in [1.29, 1.82) is 0 Å². The molecule has 0 N–H and O–H groups in total. The Morgan fingerprint density at radius 3 is 2.73 bits per heavy atom. The zero-order valence-corrected chi connectivity index (χ0v) is 15.0. The summed E-state index contributed by atoms with van der Waals surface area (Å²) in [7, 11) is 0. The molecule has 2 heterocycles. The molecule has 3 rings (SSSR count). The third-order valence-electron chi connectivity index (χ3n) is 3.30. The van der Waals surface area contributed by atoms with Gasteiger partial charge in [0.2, 0.25) is 0 Å². The molecule has 5 nitrogen and oxygen atoms in total. The fourth-order valence-corrected chi connectivity index (χ4v) is 2.93. The molecule has 0 fully saturated rings. The summed E-state index contributed by atoms with van der Waals surface area (Å²) in [6.45, 7) is 6.91. The highest BCUT2D eigenvalue weighted by Gasteiger charge is 2.30. The second-order valence-electron chi connectivity index (χ2n) is 6.25. The minimum absolute atomic E-state index is 0.319. The Bertz CT molecular complexity index is 718. The number of hydrogen-bond donors (Lipinski definition) is 0. The van der Waals surface area contributed by atoms with Gasteiger partial charge in [0.15, 0.2) is 0 Å². The average molecular weight is 411 g/mol. The Morgan fingerprint density at radius 2 is 2.05 bits per heavy atom. The van der Waals surface area contributed by atoms with Crippen molar-refractivity contribution in [3.05, 3.63) is 33.9 Å². The normalized spacial score (nSPS) is 14.1. The van der Waals surface area contributed by atoms with E-state index in [1.165, 1.54) is 0 Å². The number of fused-ring (bicyclic) bond motifs is 1. The highest BCUT2D eigenvalue weighted by atomic mass is 127. The van der Waals surface area contributed by atoms with Crippen LogP contribution in [0.3, 0.4) is 0 Å². The second kappa shape index (κ2) is 5.57. The molecule has 6 heteroatoms. The van der Waals surface area contributed by atoms with Crippen molar-refractivity contribution in [1.82, 2.24) is 9.78 Å². The van der Waals surface area contributed by atoms with Gasteiger partial charge in [-0.05, 0) is 55.5 Å². The predicted octanol–water partition coefficient (Wildman–Crippen LogP) is 3.91. The molecule has 1 aromatic carbocycles. The molecule has 0 saturated heterocycles. The monoisotopic (exact) mass is 411 g/mol. The van der Waals surface area contributed by atoms with Gasteiger partial charge in [0.05, 0.1) is 18.8 Å². The predicted molar refractivity (Wildman–Crippen MR) is 94.0 cm³/mol. The third-order valence-corrected chi connectivity index (χ3v) is 3.98. The van der Waals surface area contributed by atoms with Gasteiger partial charge in [-0.2, -0.15) is 5.10 Å². The standard InChI is InChI=1S/C16H18IN3O2/c1-16(2,3)22-15(21)19-7-8-20-14(19)10-13(18-20)11-5-4-6-12(17)9-11/h4-6,9-10H,7-8H2,1-3H3. The van der Waals surface area contributed by atoms with Crippen molar-refractivity contribution < 1.29 is 9.53 Å². The zero-order valence-electron chi connectivity index (χ0n) is 12.8. The molecule has 116 valence electrons. The summed E-state index contributed by atoms with van der Waals surface area (Å²) in [5, 5.41) is 4.60. The van der Waals surface area contributed by atoms with E-state index in [4.69, 9.17) is 4.74 Å². The van der Waals surface area contributed by atoms with E-state index < -0.39 is 5.60 Å². The summed E-state index contributed by atoms with van der Waals surface area (Å²) in [4.78, 5) is 13.9. The highest BCUT2D eigenvalue weighted by molar-refractivity contribution is 14.1. The summed E-state index contributed by atoms with van der Waals surface area (Å²) in [6, 6.07) is 10.1. The third kappa shape index (κ3) is 3.11. The molecule has 1 amide bonds. The lowest BCUT2D eigenvalue weighted by atomic mass is 10.1. The maximum absolute atomic E-state index is 12.3. The molecule has 0 saturated carbocycles. The first-order chi connectivity index (χ1) is 10.3. The fourth-order valence-electron chi connectivity index (χ4n) is 2.39. The van der Waals surface area contributed by atoms with Crippen molar-refractivity contribution in [3.63, 3.8) is 0 Å². The smallest absolute Gasteiger partial charge is 0.416 e. The highest BCUT2D eigenvalue weighted by Crippen LogP contribution is 2.29. The molecule has 0 aliphatic carbocycles. The number of amides is 1. The van der Waals surface area contributed by atoms with Crippen LogP contribution in [0.5, 0.6) is 0 Å². The number of carbonyl (C=O) groups excluding carboxylic acids is 1. The maximum Gasteiger partial charge on any atom is 0.416 e. The lowest BCUT2D eigenvalue weighted by Gasteiger charge is -2.23. The van der Waals surface area contributed by atoms with Gasteiger partial charge < -0.3 is 4.74 Å². The maximum atomic E-state index is 12.3. The van der Waals surface area contributed by atoms with E-state index in [1.54, 1.807) is 4.90 Å². The van der Waals surface area contributed by atoms with Gasteiger partial charge in [-0.1, -0.05) is 12.1 Å². The molecule has 0 radical (unpaired) electrons. The van der Waals surface area contributed by atoms with Gasteiger partial charge in [0.25, 0.3) is 0 Å². The molecule has 1 aliphatic rings. The molecular formula is C16H18IN3O2.